The molecule has 5 rings (SSSR count). The van der Waals surface area contributed by atoms with Gasteiger partial charge in [-0.1, -0.05) is 17.7 Å². The smallest absolute Gasteiger partial charge is 0.296 e. The average Bonchev–Trinajstić information content (AvgIpc) is 3.21. The van der Waals surface area contributed by atoms with Crippen molar-refractivity contribution >= 4 is 11.6 Å². The van der Waals surface area contributed by atoms with Crippen LogP contribution in [0.3, 0.4) is 0 Å². The van der Waals surface area contributed by atoms with Crippen LogP contribution < -0.4 is 4.74 Å². The molecule has 2 saturated heterocycles. The lowest BCUT2D eigenvalue weighted by Crippen LogP contribution is -2.53. The molecule has 7 nitrogen and oxygen atoms in total. The number of rotatable bonds is 8. The number of hydrogen-bond acceptors (Lipinski definition) is 6. The van der Waals surface area contributed by atoms with E-state index in [1.807, 2.05) is 10.8 Å². The number of halogens is 4. The third-order valence-corrected chi connectivity index (χ3v) is 6.52. The van der Waals surface area contributed by atoms with Crippen LogP contribution in [-0.4, -0.2) is 62.2 Å². The molecule has 11 heteroatoms. The van der Waals surface area contributed by atoms with Crippen molar-refractivity contribution < 1.29 is 22.6 Å². The molecule has 1 aromatic carbocycles. The van der Waals surface area contributed by atoms with Crippen molar-refractivity contribution in [1.82, 2.24) is 24.4 Å². The van der Waals surface area contributed by atoms with Gasteiger partial charge in [-0.3, -0.25) is 4.90 Å². The van der Waals surface area contributed by atoms with Gasteiger partial charge in [0.25, 0.3) is 5.92 Å². The maximum Gasteiger partial charge on any atom is 0.296 e. The second-order valence-electron chi connectivity index (χ2n) is 8.87. The van der Waals surface area contributed by atoms with E-state index in [0.717, 1.165) is 18.9 Å². The molecule has 4 heterocycles. The van der Waals surface area contributed by atoms with Crippen molar-refractivity contribution in [1.29, 1.82) is 0 Å². The average molecular weight is 508 g/mol. The predicted molar refractivity (Wildman–Crippen MR) is 122 cm³/mol. The molecular weight excluding hydrogens is 483 g/mol. The number of ether oxygens (including phenoxy) is 2. The molecule has 2 aliphatic rings. The quantitative estimate of drug-likeness (QED) is 0.457. The summed E-state index contributed by atoms with van der Waals surface area (Å²) in [5.41, 5.74) is 0.354. The van der Waals surface area contributed by atoms with Gasteiger partial charge in [-0.2, -0.15) is 4.98 Å². The summed E-state index contributed by atoms with van der Waals surface area (Å²) in [6.45, 7) is 1.76. The van der Waals surface area contributed by atoms with Crippen LogP contribution in [0.25, 0.3) is 0 Å². The number of likely N-dealkylation sites (tertiary alicyclic amines) is 1. The van der Waals surface area contributed by atoms with Crippen LogP contribution in [0.2, 0.25) is 5.02 Å². The van der Waals surface area contributed by atoms with Crippen molar-refractivity contribution in [3.05, 3.63) is 70.9 Å². The lowest BCUT2D eigenvalue weighted by atomic mass is 10.0. The van der Waals surface area contributed by atoms with Gasteiger partial charge >= 0.3 is 0 Å². The molecule has 2 aromatic heterocycles. The van der Waals surface area contributed by atoms with E-state index in [4.69, 9.17) is 21.1 Å². The molecule has 2 fully saturated rings. The third kappa shape index (κ3) is 5.76. The van der Waals surface area contributed by atoms with E-state index in [1.54, 1.807) is 23.2 Å². The van der Waals surface area contributed by atoms with Gasteiger partial charge in [-0.15, -0.1) is 0 Å². The van der Waals surface area contributed by atoms with E-state index in [-0.39, 0.29) is 35.7 Å². The van der Waals surface area contributed by atoms with E-state index in [9.17, 15) is 4.39 Å². The van der Waals surface area contributed by atoms with Crippen LogP contribution in [0.5, 0.6) is 5.88 Å². The monoisotopic (exact) mass is 507 g/mol. The molecule has 0 N–H and O–H groups in total. The maximum absolute atomic E-state index is 15.0. The van der Waals surface area contributed by atoms with Crippen LogP contribution in [-0.2, 0) is 24.2 Å². The lowest BCUT2D eigenvalue weighted by molar-refractivity contribution is -0.142. The summed E-state index contributed by atoms with van der Waals surface area (Å²) in [6.07, 6.45) is 5.02. The number of alkyl halides is 2. The van der Waals surface area contributed by atoms with Gasteiger partial charge in [0.05, 0.1) is 25.7 Å². The van der Waals surface area contributed by atoms with Crippen LogP contribution in [0, 0.1) is 5.82 Å². The normalized spacial score (nSPS) is 22.1. The molecule has 0 radical (unpaired) electrons. The first-order valence-electron chi connectivity index (χ1n) is 11.5. The number of piperidine rings is 1. The van der Waals surface area contributed by atoms with Crippen LogP contribution in [0.1, 0.15) is 30.1 Å². The maximum atomic E-state index is 15.0. The summed E-state index contributed by atoms with van der Waals surface area (Å²) in [6, 6.07) is 5.76. The number of nitrogens with zero attached hydrogens (tertiary/aromatic N) is 5. The van der Waals surface area contributed by atoms with Crippen LogP contribution in [0.4, 0.5) is 13.2 Å². The third-order valence-electron chi connectivity index (χ3n) is 6.28. The van der Waals surface area contributed by atoms with Crippen LogP contribution in [0.15, 0.2) is 42.9 Å². The summed E-state index contributed by atoms with van der Waals surface area (Å²) in [5, 5.41) is 0.286. The minimum absolute atomic E-state index is 0.0403. The molecule has 0 amide bonds. The number of benzene rings is 1. The molecule has 0 saturated carbocycles. The van der Waals surface area contributed by atoms with Crippen LogP contribution >= 0.6 is 11.6 Å². The van der Waals surface area contributed by atoms with Crippen molar-refractivity contribution in [3.8, 4) is 5.88 Å². The molecule has 3 aromatic rings. The molecular formula is C24H25ClF3N5O2. The first-order chi connectivity index (χ1) is 16.9. The minimum Gasteiger partial charge on any atom is -0.468 e. The SMILES string of the molecule is Fc1cc(Cl)ccc1Cc1nccc(OC2CCN(Cc3nccn3C[C@@H]3CCO3)CC2(F)F)n1. The van der Waals surface area contributed by atoms with Gasteiger partial charge < -0.3 is 14.0 Å². The van der Waals surface area contributed by atoms with Gasteiger partial charge in [-0.25, -0.2) is 23.1 Å². The fraction of sp³-hybridized carbons (Fsp3) is 0.458. The number of hydrogen-bond donors (Lipinski definition) is 0. The molecule has 0 spiro atoms. The Morgan fingerprint density at radius 3 is 2.77 bits per heavy atom. The Labute approximate surface area is 205 Å². The standard InChI is InChI=1S/C24H25ClF3N5O2/c25-17-2-1-16(19(26)12-17)11-21-29-6-3-23(31-21)35-20-4-8-32(15-24(20,27)28)14-22-30-7-9-33(22)13-18-5-10-34-18/h1-3,6-7,9,12,18,20H,4-5,8,10-11,13-15H2/t18-,20?/m0/s1. The van der Waals surface area contributed by atoms with Gasteiger partial charge in [0.1, 0.15) is 17.5 Å². The molecule has 35 heavy (non-hydrogen) atoms. The van der Waals surface area contributed by atoms with E-state index in [1.165, 1.54) is 18.3 Å². The highest BCUT2D eigenvalue weighted by Crippen LogP contribution is 2.31. The summed E-state index contributed by atoms with van der Waals surface area (Å²) < 4.78 is 57.2. The zero-order valence-corrected chi connectivity index (χ0v) is 19.7. The fourth-order valence-corrected chi connectivity index (χ4v) is 4.45. The summed E-state index contributed by atoms with van der Waals surface area (Å²) in [4.78, 5) is 14.4. The Morgan fingerprint density at radius 2 is 2.03 bits per heavy atom. The van der Waals surface area contributed by atoms with Crippen molar-refractivity contribution in [2.45, 2.75) is 50.5 Å². The van der Waals surface area contributed by atoms with E-state index >= 15 is 8.78 Å². The Balaban J connectivity index is 1.20. The second kappa shape index (κ2) is 10.1. The number of imidazole rings is 1. The molecule has 1 unspecified atom stereocenters. The van der Waals surface area contributed by atoms with E-state index < -0.39 is 24.4 Å². The number of aromatic nitrogens is 4. The summed E-state index contributed by atoms with van der Waals surface area (Å²) in [7, 11) is 0. The summed E-state index contributed by atoms with van der Waals surface area (Å²) >= 11 is 5.79. The molecule has 2 aliphatic heterocycles. The Hall–Kier alpha value is -2.69. The van der Waals surface area contributed by atoms with Gasteiger partial charge in [-0.05, 0) is 24.1 Å². The first-order valence-corrected chi connectivity index (χ1v) is 11.9. The van der Waals surface area contributed by atoms with Crippen molar-refractivity contribution in [2.24, 2.45) is 0 Å². The largest absolute Gasteiger partial charge is 0.468 e. The Bertz CT molecular complexity index is 1170. The zero-order valence-electron chi connectivity index (χ0n) is 18.9. The van der Waals surface area contributed by atoms with Gasteiger partial charge in [0, 0.05) is 55.7 Å². The first kappa shape index (κ1) is 24.0. The second-order valence-corrected chi connectivity index (χ2v) is 9.30. The van der Waals surface area contributed by atoms with Crippen molar-refractivity contribution in [2.75, 3.05) is 19.7 Å². The van der Waals surface area contributed by atoms with Gasteiger partial charge in [0.15, 0.2) is 6.10 Å². The highest BCUT2D eigenvalue weighted by Gasteiger charge is 2.46. The fourth-order valence-electron chi connectivity index (χ4n) is 4.29. The predicted octanol–water partition coefficient (Wildman–Crippen LogP) is 4.13. The van der Waals surface area contributed by atoms with E-state index in [2.05, 4.69) is 15.0 Å². The Morgan fingerprint density at radius 1 is 1.17 bits per heavy atom. The topological polar surface area (TPSA) is 65.3 Å². The highest BCUT2D eigenvalue weighted by molar-refractivity contribution is 6.30. The highest BCUT2D eigenvalue weighted by atomic mass is 35.5. The molecule has 2 atom stereocenters. The minimum atomic E-state index is -3.08. The molecule has 0 aliphatic carbocycles. The summed E-state index contributed by atoms with van der Waals surface area (Å²) in [5.74, 6) is -2.51. The Kier molecular flexibility index (Phi) is 6.95. The lowest BCUT2D eigenvalue weighted by Gasteiger charge is -2.37. The zero-order chi connectivity index (χ0) is 24.4. The molecule has 0 bridgehead atoms. The van der Waals surface area contributed by atoms with Crippen molar-refractivity contribution in [3.63, 3.8) is 0 Å². The van der Waals surface area contributed by atoms with E-state index in [0.29, 0.717) is 25.2 Å². The van der Waals surface area contributed by atoms with Gasteiger partial charge in [0.2, 0.25) is 5.88 Å². The molecule has 186 valence electrons.